The molecule has 0 saturated heterocycles. The summed E-state index contributed by atoms with van der Waals surface area (Å²) < 4.78 is 26.6. The average molecular weight is 604 g/mol. The van der Waals surface area contributed by atoms with Crippen LogP contribution in [0.4, 0.5) is 15.2 Å². The molecule has 1 unspecified atom stereocenters. The van der Waals surface area contributed by atoms with Gasteiger partial charge in [-0.2, -0.15) is 0 Å². The number of ether oxygens (including phenoxy) is 1. The molecule has 44 heavy (non-hydrogen) atoms. The Kier molecular flexibility index (Phi) is 5.57. The molecule has 6 aromatic rings. The Hall–Kier alpha value is -5.35. The molecule has 0 fully saturated rings. The molecular formula is C34H22FN3O5S. The zero-order valence-corrected chi connectivity index (χ0v) is 24.3. The molecule has 4 aromatic carbocycles. The lowest BCUT2D eigenvalue weighted by atomic mass is 9.84. The molecule has 1 spiro atoms. The number of rotatable bonds is 4. The molecule has 216 valence electrons. The molecule has 0 N–H and O–H groups in total. The standard InChI is InChI=1S/C34H22FN3O5S/c1-18-7-3-4-8-19(18)17-37-25-10-6-5-9-23(25)34(32(37)41)28-29(39)22-15-20(35)11-14-26(22)43-30(28)31(40)38(34)33-36-24-13-12-21(42-2)16-27(24)44-33/h3-16H,17H2,1-2H3. The van der Waals surface area contributed by atoms with E-state index in [0.29, 0.717) is 22.5 Å². The van der Waals surface area contributed by atoms with Gasteiger partial charge in [0.05, 0.1) is 40.5 Å². The number of halogens is 1. The summed E-state index contributed by atoms with van der Waals surface area (Å²) in [6, 6.07) is 23.7. The highest BCUT2D eigenvalue weighted by molar-refractivity contribution is 7.22. The number of amides is 2. The van der Waals surface area contributed by atoms with Crippen molar-refractivity contribution in [2.45, 2.75) is 19.0 Å². The highest BCUT2D eigenvalue weighted by atomic mass is 32.1. The number of benzene rings is 4. The molecule has 2 amide bonds. The largest absolute Gasteiger partial charge is 0.497 e. The lowest BCUT2D eigenvalue weighted by molar-refractivity contribution is -0.121. The molecule has 8 nitrogen and oxygen atoms in total. The fourth-order valence-corrected chi connectivity index (χ4v) is 7.41. The Morgan fingerprint density at radius 2 is 1.77 bits per heavy atom. The van der Waals surface area contributed by atoms with Crippen LogP contribution in [0, 0.1) is 12.7 Å². The Labute approximate surface area is 253 Å². The van der Waals surface area contributed by atoms with Gasteiger partial charge >= 0.3 is 0 Å². The predicted molar refractivity (Wildman–Crippen MR) is 165 cm³/mol. The van der Waals surface area contributed by atoms with E-state index in [0.717, 1.165) is 28.0 Å². The number of thiazole rings is 1. The van der Waals surface area contributed by atoms with Crippen molar-refractivity contribution in [3.8, 4) is 5.75 Å². The minimum atomic E-state index is -1.94. The highest BCUT2D eigenvalue weighted by Crippen LogP contribution is 2.55. The lowest BCUT2D eigenvalue weighted by Crippen LogP contribution is -2.53. The zero-order valence-electron chi connectivity index (χ0n) is 23.5. The summed E-state index contributed by atoms with van der Waals surface area (Å²) in [5.74, 6) is -1.49. The van der Waals surface area contributed by atoms with Gasteiger partial charge in [0.1, 0.15) is 17.1 Å². The number of anilines is 2. The van der Waals surface area contributed by atoms with E-state index in [1.54, 1.807) is 54.5 Å². The van der Waals surface area contributed by atoms with Gasteiger partial charge in [-0.1, -0.05) is 53.8 Å². The van der Waals surface area contributed by atoms with Gasteiger partial charge in [-0.25, -0.2) is 9.37 Å². The number of nitrogens with zero attached hydrogens (tertiary/aromatic N) is 3. The number of fused-ring (bicyclic) bond motifs is 6. The van der Waals surface area contributed by atoms with Crippen LogP contribution in [0.15, 0.2) is 94.1 Å². The van der Waals surface area contributed by atoms with Crippen molar-refractivity contribution in [3.63, 3.8) is 0 Å². The molecule has 0 aliphatic carbocycles. The second kappa shape index (κ2) is 9.32. The molecule has 8 rings (SSSR count). The number of aromatic nitrogens is 1. The molecule has 0 saturated carbocycles. The SMILES string of the molecule is COc1ccc2nc(N3C(=O)c4oc5ccc(F)cc5c(=O)c4C34C(=O)N(Cc3ccccc3C)c3ccccc34)sc2c1. The minimum Gasteiger partial charge on any atom is -0.497 e. The van der Waals surface area contributed by atoms with E-state index in [2.05, 4.69) is 0 Å². The maximum absolute atomic E-state index is 15.1. The first-order chi connectivity index (χ1) is 21.3. The summed E-state index contributed by atoms with van der Waals surface area (Å²) in [6.45, 7) is 2.16. The summed E-state index contributed by atoms with van der Waals surface area (Å²) >= 11 is 1.20. The third-order valence-electron chi connectivity index (χ3n) is 8.45. The maximum atomic E-state index is 15.1. The van der Waals surface area contributed by atoms with Crippen LogP contribution >= 0.6 is 11.3 Å². The number of hydrogen-bond acceptors (Lipinski definition) is 7. The quantitative estimate of drug-likeness (QED) is 0.235. The van der Waals surface area contributed by atoms with Crippen molar-refractivity contribution in [1.29, 1.82) is 0 Å². The summed E-state index contributed by atoms with van der Waals surface area (Å²) in [5.41, 5.74) is 0.769. The topological polar surface area (TPSA) is 93.0 Å². The molecule has 2 aliphatic heterocycles. The molecule has 0 bridgehead atoms. The van der Waals surface area contributed by atoms with E-state index >= 15 is 4.79 Å². The molecule has 0 radical (unpaired) electrons. The molecule has 10 heteroatoms. The first-order valence-electron chi connectivity index (χ1n) is 13.8. The van der Waals surface area contributed by atoms with Crippen molar-refractivity contribution in [2.75, 3.05) is 16.9 Å². The summed E-state index contributed by atoms with van der Waals surface area (Å²) in [7, 11) is 1.56. The van der Waals surface area contributed by atoms with Crippen LogP contribution in [-0.4, -0.2) is 23.9 Å². The van der Waals surface area contributed by atoms with Crippen LogP contribution in [0.25, 0.3) is 21.2 Å². The van der Waals surface area contributed by atoms with E-state index in [9.17, 15) is 14.0 Å². The van der Waals surface area contributed by atoms with Gasteiger partial charge in [0.15, 0.2) is 16.1 Å². The smallest absolute Gasteiger partial charge is 0.297 e. The number of aryl methyl sites for hydroxylation is 1. The van der Waals surface area contributed by atoms with E-state index < -0.39 is 28.6 Å². The van der Waals surface area contributed by atoms with Crippen molar-refractivity contribution in [1.82, 2.24) is 4.98 Å². The average Bonchev–Trinajstić information content (AvgIpc) is 3.64. The Morgan fingerprint density at radius 3 is 2.59 bits per heavy atom. The second-order valence-electron chi connectivity index (χ2n) is 10.8. The fourth-order valence-electron chi connectivity index (χ4n) is 6.37. The number of para-hydroxylation sites is 1. The van der Waals surface area contributed by atoms with E-state index in [1.807, 2.05) is 31.2 Å². The van der Waals surface area contributed by atoms with Crippen LogP contribution in [0.5, 0.6) is 5.75 Å². The minimum absolute atomic E-state index is 0.0463. The van der Waals surface area contributed by atoms with Crippen LogP contribution in [0.3, 0.4) is 0 Å². The monoisotopic (exact) mass is 603 g/mol. The Bertz CT molecular complexity index is 2280. The van der Waals surface area contributed by atoms with E-state index in [-0.39, 0.29) is 34.0 Å². The van der Waals surface area contributed by atoms with E-state index in [4.69, 9.17) is 14.1 Å². The van der Waals surface area contributed by atoms with Crippen LogP contribution < -0.4 is 20.0 Å². The van der Waals surface area contributed by atoms with Gasteiger partial charge in [0.2, 0.25) is 5.76 Å². The van der Waals surface area contributed by atoms with Gasteiger partial charge in [0, 0.05) is 5.56 Å². The van der Waals surface area contributed by atoms with Crippen LogP contribution in [0.2, 0.25) is 0 Å². The van der Waals surface area contributed by atoms with Crippen molar-refractivity contribution < 1.29 is 23.1 Å². The molecule has 2 aliphatic rings. The number of carbonyl (C=O) groups is 2. The molecule has 2 aromatic heterocycles. The van der Waals surface area contributed by atoms with Crippen LogP contribution in [0.1, 0.15) is 32.8 Å². The molecule has 4 heterocycles. The molecule has 1 atom stereocenters. The summed E-state index contributed by atoms with van der Waals surface area (Å²) in [6.07, 6.45) is 0. The number of methoxy groups -OCH3 is 1. The van der Waals surface area contributed by atoms with Gasteiger partial charge in [-0.05, 0) is 60.5 Å². The summed E-state index contributed by atoms with van der Waals surface area (Å²) in [5, 5.41) is 0.148. The Balaban J connectivity index is 1.45. The Morgan fingerprint density at radius 1 is 0.977 bits per heavy atom. The summed E-state index contributed by atoms with van der Waals surface area (Å²) in [4.78, 5) is 51.6. The predicted octanol–water partition coefficient (Wildman–Crippen LogP) is 6.31. The van der Waals surface area contributed by atoms with Gasteiger partial charge < -0.3 is 14.1 Å². The fraction of sp³-hybridized carbons (Fsp3) is 0.118. The van der Waals surface area contributed by atoms with Gasteiger partial charge in [0.25, 0.3) is 11.8 Å². The van der Waals surface area contributed by atoms with Gasteiger partial charge in [-0.15, -0.1) is 0 Å². The van der Waals surface area contributed by atoms with Crippen molar-refractivity contribution >= 4 is 55.2 Å². The van der Waals surface area contributed by atoms with Crippen LogP contribution in [-0.2, 0) is 16.9 Å². The third-order valence-corrected chi connectivity index (χ3v) is 9.45. The first-order valence-corrected chi connectivity index (χ1v) is 14.7. The highest BCUT2D eigenvalue weighted by Gasteiger charge is 2.66. The number of hydrogen-bond donors (Lipinski definition) is 0. The normalized spacial score (nSPS) is 17.2. The third kappa shape index (κ3) is 3.42. The second-order valence-corrected chi connectivity index (χ2v) is 11.8. The maximum Gasteiger partial charge on any atom is 0.297 e. The molecular weight excluding hydrogens is 581 g/mol. The van der Waals surface area contributed by atoms with Crippen molar-refractivity contribution in [2.24, 2.45) is 0 Å². The first kappa shape index (κ1) is 26.3. The zero-order chi connectivity index (χ0) is 30.3. The lowest BCUT2D eigenvalue weighted by Gasteiger charge is -2.32. The van der Waals surface area contributed by atoms with Gasteiger partial charge in [-0.3, -0.25) is 19.3 Å². The van der Waals surface area contributed by atoms with Crippen molar-refractivity contribution in [3.05, 3.63) is 129 Å². The number of carbonyl (C=O) groups excluding carboxylic acids is 2. The van der Waals surface area contributed by atoms with E-state index in [1.165, 1.54) is 22.3 Å².